The summed E-state index contributed by atoms with van der Waals surface area (Å²) in [4.78, 5) is 38.7. The first-order valence-electron chi connectivity index (χ1n) is 11.8. The smallest absolute Gasteiger partial charge is 0.226 e. The SMILES string of the molecule is Cl.N=C(N)c1ccc(C=CCNC(=O)C[C@@H]2C[C@@H](CC(N)=O)C(=O)N2CCCc2ccccc2)cc1. The van der Waals surface area contributed by atoms with Gasteiger partial charge in [0.25, 0.3) is 0 Å². The van der Waals surface area contributed by atoms with E-state index >= 15 is 0 Å². The van der Waals surface area contributed by atoms with Gasteiger partial charge in [0.2, 0.25) is 17.7 Å². The maximum Gasteiger partial charge on any atom is 0.226 e. The number of nitrogens with two attached hydrogens (primary N) is 2. The summed E-state index contributed by atoms with van der Waals surface area (Å²) in [6, 6.07) is 17.1. The number of carbonyl (C=O) groups excluding carboxylic acids is 3. The van der Waals surface area contributed by atoms with Gasteiger partial charge in [0.15, 0.2) is 0 Å². The fraction of sp³-hybridized carbons (Fsp3) is 0.333. The van der Waals surface area contributed by atoms with Crippen molar-refractivity contribution in [1.82, 2.24) is 10.2 Å². The molecule has 8 nitrogen and oxygen atoms in total. The van der Waals surface area contributed by atoms with Crippen molar-refractivity contribution in [3.05, 3.63) is 77.4 Å². The van der Waals surface area contributed by atoms with Crippen LogP contribution in [0.3, 0.4) is 0 Å². The topological polar surface area (TPSA) is 142 Å². The van der Waals surface area contributed by atoms with E-state index in [0.717, 1.165) is 18.4 Å². The number of rotatable bonds is 12. The maximum absolute atomic E-state index is 12.9. The molecule has 3 amide bonds. The Balaban J connectivity index is 0.00000456. The van der Waals surface area contributed by atoms with Crippen molar-refractivity contribution in [3.8, 4) is 0 Å². The maximum atomic E-state index is 12.9. The zero-order chi connectivity index (χ0) is 25.2. The van der Waals surface area contributed by atoms with E-state index in [-0.39, 0.29) is 48.9 Å². The Hall–Kier alpha value is -3.65. The Kier molecular flexibility index (Phi) is 11.1. The molecule has 0 aliphatic carbocycles. The first-order valence-corrected chi connectivity index (χ1v) is 11.8. The van der Waals surface area contributed by atoms with Gasteiger partial charge in [0, 0.05) is 43.5 Å². The molecule has 1 heterocycles. The van der Waals surface area contributed by atoms with Crippen LogP contribution in [0.5, 0.6) is 0 Å². The number of benzene rings is 2. The summed E-state index contributed by atoms with van der Waals surface area (Å²) in [7, 11) is 0. The molecule has 1 aliphatic heterocycles. The summed E-state index contributed by atoms with van der Waals surface area (Å²) in [5, 5.41) is 10.3. The van der Waals surface area contributed by atoms with Gasteiger partial charge in [-0.05, 0) is 30.4 Å². The highest BCUT2D eigenvalue weighted by Crippen LogP contribution is 2.29. The minimum absolute atomic E-state index is 0. The van der Waals surface area contributed by atoms with Crippen molar-refractivity contribution in [3.63, 3.8) is 0 Å². The van der Waals surface area contributed by atoms with Crippen LogP contribution in [0.15, 0.2) is 60.7 Å². The van der Waals surface area contributed by atoms with Gasteiger partial charge in [0.05, 0.1) is 0 Å². The number of nitrogens with one attached hydrogen (secondary N) is 2. The number of likely N-dealkylation sites (tertiary alicyclic amines) is 1. The molecule has 0 saturated carbocycles. The quantitative estimate of drug-likeness (QED) is 0.256. The lowest BCUT2D eigenvalue weighted by atomic mass is 9.99. The van der Waals surface area contributed by atoms with E-state index in [0.29, 0.717) is 25.1 Å². The molecular weight excluding hydrogens is 478 g/mol. The minimum atomic E-state index is -0.501. The Morgan fingerprint density at radius 3 is 2.39 bits per heavy atom. The van der Waals surface area contributed by atoms with Crippen LogP contribution in [-0.4, -0.2) is 47.6 Å². The minimum Gasteiger partial charge on any atom is -0.384 e. The van der Waals surface area contributed by atoms with E-state index < -0.39 is 11.8 Å². The molecule has 2 atom stereocenters. The Morgan fingerprint density at radius 2 is 1.75 bits per heavy atom. The second-order valence-electron chi connectivity index (χ2n) is 8.82. The Bertz CT molecular complexity index is 1070. The van der Waals surface area contributed by atoms with E-state index in [1.54, 1.807) is 17.0 Å². The van der Waals surface area contributed by atoms with Gasteiger partial charge in [-0.3, -0.25) is 19.8 Å². The molecule has 1 saturated heterocycles. The molecule has 2 aromatic carbocycles. The summed E-state index contributed by atoms with van der Waals surface area (Å²) >= 11 is 0. The molecule has 0 bridgehead atoms. The molecule has 192 valence electrons. The third-order valence-corrected chi connectivity index (χ3v) is 6.15. The number of nitrogen functional groups attached to an aromatic ring is 1. The van der Waals surface area contributed by atoms with Gasteiger partial charge in [-0.15, -0.1) is 12.4 Å². The zero-order valence-corrected chi connectivity index (χ0v) is 21.0. The van der Waals surface area contributed by atoms with Crippen LogP contribution in [0.2, 0.25) is 0 Å². The third-order valence-electron chi connectivity index (χ3n) is 6.15. The second-order valence-corrected chi connectivity index (χ2v) is 8.82. The van der Waals surface area contributed by atoms with Crippen molar-refractivity contribution in [1.29, 1.82) is 5.41 Å². The summed E-state index contributed by atoms with van der Waals surface area (Å²) in [6.45, 7) is 0.893. The van der Waals surface area contributed by atoms with Crippen LogP contribution in [0.25, 0.3) is 6.08 Å². The number of amides is 3. The van der Waals surface area contributed by atoms with Gasteiger partial charge >= 0.3 is 0 Å². The van der Waals surface area contributed by atoms with Crippen LogP contribution in [0, 0.1) is 11.3 Å². The molecular formula is C27H34ClN5O3. The lowest BCUT2D eigenvalue weighted by Crippen LogP contribution is -2.38. The van der Waals surface area contributed by atoms with E-state index in [1.165, 1.54) is 5.56 Å². The summed E-state index contributed by atoms with van der Waals surface area (Å²) in [5.41, 5.74) is 13.6. The fourth-order valence-corrected chi connectivity index (χ4v) is 4.40. The van der Waals surface area contributed by atoms with Gasteiger partial charge in [-0.1, -0.05) is 66.7 Å². The van der Waals surface area contributed by atoms with Crippen molar-refractivity contribution >= 4 is 42.0 Å². The Morgan fingerprint density at radius 1 is 1.06 bits per heavy atom. The van der Waals surface area contributed by atoms with Crippen LogP contribution in [0.4, 0.5) is 0 Å². The van der Waals surface area contributed by atoms with Gasteiger partial charge in [-0.2, -0.15) is 0 Å². The normalized spacial score (nSPS) is 17.1. The molecule has 36 heavy (non-hydrogen) atoms. The number of primary amides is 1. The standard InChI is InChI=1S/C27H33N5O3.ClH/c28-24(33)17-22-16-23(32(27(22)35)15-5-9-19-6-2-1-3-7-19)18-25(34)31-14-4-8-20-10-12-21(13-11-20)26(29)30;/h1-4,6-8,10-13,22-23H,5,9,14-18H2,(H2,28,33)(H3,29,30)(H,31,34);1H/t22-,23-;/m0./s1. The largest absolute Gasteiger partial charge is 0.384 e. The zero-order valence-electron chi connectivity index (χ0n) is 20.2. The number of amidine groups is 1. The average molecular weight is 512 g/mol. The number of aryl methyl sites for hydroxylation is 1. The number of nitrogens with zero attached hydrogens (tertiary/aromatic N) is 1. The highest BCUT2D eigenvalue weighted by molar-refractivity contribution is 5.95. The first kappa shape index (κ1) is 28.6. The average Bonchev–Trinajstić information content (AvgIpc) is 3.11. The molecule has 2 aromatic rings. The number of hydrogen-bond donors (Lipinski definition) is 4. The molecule has 0 aromatic heterocycles. The summed E-state index contributed by atoms with van der Waals surface area (Å²) < 4.78 is 0. The number of hydrogen-bond acceptors (Lipinski definition) is 4. The van der Waals surface area contributed by atoms with E-state index in [1.807, 2.05) is 42.5 Å². The van der Waals surface area contributed by atoms with Crippen LogP contribution in [-0.2, 0) is 20.8 Å². The second kappa shape index (κ2) is 14.0. The monoisotopic (exact) mass is 511 g/mol. The van der Waals surface area contributed by atoms with Gasteiger partial charge in [0.1, 0.15) is 5.84 Å². The highest BCUT2D eigenvalue weighted by Gasteiger charge is 2.40. The molecule has 1 fully saturated rings. The molecule has 9 heteroatoms. The molecule has 6 N–H and O–H groups in total. The molecule has 3 rings (SSSR count). The van der Waals surface area contributed by atoms with Gasteiger partial charge < -0.3 is 21.7 Å². The van der Waals surface area contributed by atoms with Crippen molar-refractivity contribution in [2.24, 2.45) is 17.4 Å². The predicted molar refractivity (Wildman–Crippen MR) is 144 cm³/mol. The lowest BCUT2D eigenvalue weighted by Gasteiger charge is -2.24. The van der Waals surface area contributed by atoms with Crippen molar-refractivity contribution < 1.29 is 14.4 Å². The number of halogens is 1. The first-order chi connectivity index (χ1) is 16.8. The van der Waals surface area contributed by atoms with Crippen LogP contribution in [0.1, 0.15) is 42.4 Å². The molecule has 0 spiro atoms. The van der Waals surface area contributed by atoms with Crippen LogP contribution >= 0.6 is 12.4 Å². The highest BCUT2D eigenvalue weighted by atomic mass is 35.5. The van der Waals surface area contributed by atoms with E-state index in [2.05, 4.69) is 17.4 Å². The van der Waals surface area contributed by atoms with Crippen molar-refractivity contribution in [2.45, 2.75) is 38.1 Å². The molecule has 0 radical (unpaired) electrons. The van der Waals surface area contributed by atoms with E-state index in [9.17, 15) is 14.4 Å². The predicted octanol–water partition coefficient (Wildman–Crippen LogP) is 2.64. The van der Waals surface area contributed by atoms with Crippen LogP contribution < -0.4 is 16.8 Å². The lowest BCUT2D eigenvalue weighted by molar-refractivity contribution is -0.134. The Labute approximate surface area is 218 Å². The third kappa shape index (κ3) is 8.53. The summed E-state index contributed by atoms with van der Waals surface area (Å²) in [5.74, 6) is -1.18. The van der Waals surface area contributed by atoms with Crippen molar-refractivity contribution in [2.75, 3.05) is 13.1 Å². The molecule has 1 aliphatic rings. The summed E-state index contributed by atoms with van der Waals surface area (Å²) in [6.07, 6.45) is 5.99. The number of carbonyl (C=O) groups is 3. The fourth-order valence-electron chi connectivity index (χ4n) is 4.40. The molecule has 0 unspecified atom stereocenters. The van der Waals surface area contributed by atoms with Gasteiger partial charge in [-0.25, -0.2) is 0 Å². The van der Waals surface area contributed by atoms with E-state index in [4.69, 9.17) is 16.9 Å².